The molecule has 2 rings (SSSR count). The number of aromatic nitrogens is 2. The minimum absolute atomic E-state index is 0.0689. The lowest BCUT2D eigenvalue weighted by Crippen LogP contribution is -2.32. The van der Waals surface area contributed by atoms with Crippen molar-refractivity contribution in [3.05, 3.63) is 32.6 Å². The first-order chi connectivity index (χ1) is 8.26. The van der Waals surface area contributed by atoms with Crippen LogP contribution in [0.4, 0.5) is 0 Å². The molecule has 9 heteroatoms. The molecule has 18 heavy (non-hydrogen) atoms. The molecule has 0 bridgehead atoms. The van der Waals surface area contributed by atoms with Gasteiger partial charge in [0.1, 0.15) is 6.29 Å². The number of rotatable bonds is 4. The molecule has 1 fully saturated rings. The van der Waals surface area contributed by atoms with Crippen molar-refractivity contribution in [2.75, 3.05) is 12.8 Å². The molecule has 2 heterocycles. The van der Waals surface area contributed by atoms with Gasteiger partial charge in [-0.1, -0.05) is 0 Å². The van der Waals surface area contributed by atoms with Crippen molar-refractivity contribution in [2.45, 2.75) is 19.5 Å². The third kappa shape index (κ3) is 3.17. The molecule has 0 radical (unpaired) electrons. The van der Waals surface area contributed by atoms with E-state index in [1.165, 1.54) is 10.8 Å². The van der Waals surface area contributed by atoms with E-state index in [9.17, 15) is 14.2 Å². The predicted octanol–water partition coefficient (Wildman–Crippen LogP) is -1.34. The lowest BCUT2D eigenvalue weighted by atomic mass is 10.3. The minimum Gasteiger partial charge on any atom is -0.324 e. The van der Waals surface area contributed by atoms with Gasteiger partial charge in [0.2, 0.25) is 0 Å². The highest BCUT2D eigenvalue weighted by Crippen LogP contribution is 2.39. The molecule has 0 amide bonds. The van der Waals surface area contributed by atoms with E-state index >= 15 is 0 Å². The zero-order chi connectivity index (χ0) is 13.5. The van der Waals surface area contributed by atoms with E-state index < -0.39 is 18.8 Å². The fourth-order valence-corrected chi connectivity index (χ4v) is 2.61. The maximum absolute atomic E-state index is 11.5. The fraction of sp³-hybridized carbons (Fsp3) is 0.556. The summed E-state index contributed by atoms with van der Waals surface area (Å²) in [4.78, 5) is 44.0. The SMILES string of the molecule is Cc1cn(CC2CN2CP(=O)(O)O)c(=O)[nH]c1=O. The highest BCUT2D eigenvalue weighted by molar-refractivity contribution is 7.51. The van der Waals surface area contributed by atoms with E-state index in [1.807, 2.05) is 0 Å². The standard InChI is InChI=1S/C9H14N3O5P/c1-6-2-11(9(14)10-8(6)13)3-7-4-12(7)5-18(15,16)17/h2,7H,3-5H2,1H3,(H,10,13,14)(H2,15,16,17). The number of nitrogens with one attached hydrogen (secondary N) is 1. The van der Waals surface area contributed by atoms with Crippen molar-refractivity contribution in [3.8, 4) is 0 Å². The second-order valence-corrected chi connectivity index (χ2v) is 6.07. The van der Waals surface area contributed by atoms with Crippen molar-refractivity contribution in [3.63, 3.8) is 0 Å². The van der Waals surface area contributed by atoms with Gasteiger partial charge in [0.15, 0.2) is 0 Å². The summed E-state index contributed by atoms with van der Waals surface area (Å²) >= 11 is 0. The quantitative estimate of drug-likeness (QED) is 0.463. The lowest BCUT2D eigenvalue weighted by molar-refractivity contribution is 0.351. The Morgan fingerprint density at radius 1 is 1.50 bits per heavy atom. The van der Waals surface area contributed by atoms with Crippen LogP contribution < -0.4 is 11.2 Å². The summed E-state index contributed by atoms with van der Waals surface area (Å²) in [7, 11) is -4.05. The summed E-state index contributed by atoms with van der Waals surface area (Å²) in [5.74, 6) is 0. The van der Waals surface area contributed by atoms with Gasteiger partial charge in [-0.3, -0.25) is 23.8 Å². The fourth-order valence-electron chi connectivity index (χ4n) is 1.79. The van der Waals surface area contributed by atoms with Crippen LogP contribution in [0.25, 0.3) is 0 Å². The number of nitrogens with zero attached hydrogens (tertiary/aromatic N) is 2. The number of H-pyrrole nitrogens is 1. The van der Waals surface area contributed by atoms with E-state index in [-0.39, 0.29) is 12.3 Å². The Kier molecular flexibility index (Phi) is 3.29. The van der Waals surface area contributed by atoms with Crippen LogP contribution in [0.1, 0.15) is 5.56 Å². The largest absolute Gasteiger partial charge is 0.339 e. The molecule has 1 aliphatic heterocycles. The van der Waals surface area contributed by atoms with Crippen molar-refractivity contribution in [1.82, 2.24) is 14.5 Å². The molecule has 3 N–H and O–H groups in total. The van der Waals surface area contributed by atoms with E-state index in [0.717, 1.165) is 0 Å². The monoisotopic (exact) mass is 275 g/mol. The first-order valence-corrected chi connectivity index (χ1v) is 7.15. The molecular weight excluding hydrogens is 261 g/mol. The highest BCUT2D eigenvalue weighted by Gasteiger charge is 2.38. The number of aromatic amines is 1. The average molecular weight is 275 g/mol. The Morgan fingerprint density at radius 3 is 2.78 bits per heavy atom. The smallest absolute Gasteiger partial charge is 0.324 e. The molecule has 0 spiro atoms. The Morgan fingerprint density at radius 2 is 2.17 bits per heavy atom. The zero-order valence-electron chi connectivity index (χ0n) is 9.74. The van der Waals surface area contributed by atoms with E-state index in [2.05, 4.69) is 4.98 Å². The van der Waals surface area contributed by atoms with Gasteiger partial charge in [-0.2, -0.15) is 0 Å². The summed E-state index contributed by atoms with van der Waals surface area (Å²) in [5.41, 5.74) is -0.496. The Balaban J connectivity index is 2.05. The van der Waals surface area contributed by atoms with Crippen LogP contribution >= 0.6 is 7.60 Å². The molecule has 0 aromatic carbocycles. The van der Waals surface area contributed by atoms with Gasteiger partial charge in [0.25, 0.3) is 5.56 Å². The van der Waals surface area contributed by atoms with Crippen LogP contribution in [0.2, 0.25) is 0 Å². The molecule has 0 saturated carbocycles. The summed E-state index contributed by atoms with van der Waals surface area (Å²) in [5, 5.41) is 0. The van der Waals surface area contributed by atoms with Crippen molar-refractivity contribution >= 4 is 7.60 Å². The maximum Gasteiger partial charge on any atom is 0.339 e. The second kappa shape index (κ2) is 4.47. The molecule has 1 saturated heterocycles. The van der Waals surface area contributed by atoms with Gasteiger partial charge in [0.05, 0.1) is 0 Å². The van der Waals surface area contributed by atoms with Crippen molar-refractivity contribution in [1.29, 1.82) is 0 Å². The second-order valence-electron chi connectivity index (χ2n) is 4.46. The van der Waals surface area contributed by atoms with E-state index in [0.29, 0.717) is 18.7 Å². The van der Waals surface area contributed by atoms with Crippen LogP contribution in [0.15, 0.2) is 15.8 Å². The summed E-state index contributed by atoms with van der Waals surface area (Å²) in [6.07, 6.45) is 1.16. The molecular formula is C9H14N3O5P. The summed E-state index contributed by atoms with van der Waals surface area (Å²) < 4.78 is 12.1. The number of aryl methyl sites for hydroxylation is 1. The first-order valence-electron chi connectivity index (χ1n) is 5.35. The summed E-state index contributed by atoms with van der Waals surface area (Å²) in [6, 6.07) is -0.0689. The number of hydrogen-bond acceptors (Lipinski definition) is 4. The molecule has 1 aliphatic rings. The number of hydrogen-bond donors (Lipinski definition) is 3. The third-order valence-corrected chi connectivity index (χ3v) is 3.52. The van der Waals surface area contributed by atoms with Gasteiger partial charge in [-0.15, -0.1) is 0 Å². The molecule has 1 aromatic rings. The van der Waals surface area contributed by atoms with Gasteiger partial charge in [0, 0.05) is 30.9 Å². The molecule has 8 nitrogen and oxygen atoms in total. The Hall–Kier alpha value is -1.21. The highest BCUT2D eigenvalue weighted by atomic mass is 31.2. The zero-order valence-corrected chi connectivity index (χ0v) is 10.6. The molecule has 2 atom stereocenters. The van der Waals surface area contributed by atoms with Crippen LogP contribution in [0, 0.1) is 6.92 Å². The lowest BCUT2D eigenvalue weighted by Gasteiger charge is -2.07. The normalized spacial score (nSPS) is 23.1. The third-order valence-electron chi connectivity index (χ3n) is 2.79. The molecule has 2 unspecified atom stereocenters. The van der Waals surface area contributed by atoms with Crippen LogP contribution in [-0.2, 0) is 11.1 Å². The first kappa shape index (κ1) is 13.2. The van der Waals surface area contributed by atoms with Gasteiger partial charge in [-0.05, 0) is 6.92 Å². The van der Waals surface area contributed by atoms with E-state index in [4.69, 9.17) is 9.79 Å². The van der Waals surface area contributed by atoms with Gasteiger partial charge in [-0.25, -0.2) is 4.79 Å². The van der Waals surface area contributed by atoms with Gasteiger partial charge >= 0.3 is 13.3 Å². The van der Waals surface area contributed by atoms with Crippen LogP contribution in [-0.4, -0.2) is 43.1 Å². The average Bonchev–Trinajstić information content (AvgIpc) is 2.90. The van der Waals surface area contributed by atoms with Crippen LogP contribution in [0.3, 0.4) is 0 Å². The molecule has 1 aromatic heterocycles. The maximum atomic E-state index is 11.5. The molecule has 0 aliphatic carbocycles. The Bertz CT molecular complexity index is 615. The molecule has 100 valence electrons. The van der Waals surface area contributed by atoms with E-state index in [1.54, 1.807) is 11.8 Å². The minimum atomic E-state index is -4.05. The summed E-state index contributed by atoms with van der Waals surface area (Å²) in [6.45, 7) is 2.45. The Labute approximate surface area is 102 Å². The predicted molar refractivity (Wildman–Crippen MR) is 63.5 cm³/mol. The van der Waals surface area contributed by atoms with Crippen LogP contribution in [0.5, 0.6) is 0 Å². The van der Waals surface area contributed by atoms with Crippen molar-refractivity contribution < 1.29 is 14.4 Å². The van der Waals surface area contributed by atoms with Crippen molar-refractivity contribution in [2.24, 2.45) is 0 Å². The topological polar surface area (TPSA) is 115 Å². The van der Waals surface area contributed by atoms with Gasteiger partial charge < -0.3 is 9.79 Å².